The van der Waals surface area contributed by atoms with Crippen LogP contribution in [0.1, 0.15) is 25.7 Å². The molecular formula is C7H11N3O2. The van der Waals surface area contributed by atoms with Crippen LogP contribution >= 0.6 is 0 Å². The fraction of sp³-hybridized carbons (Fsp3) is 0.571. The largest absolute Gasteiger partial charge is 0.353 e. The van der Waals surface area contributed by atoms with Crippen LogP contribution in [0, 0.1) is 6.92 Å². The average molecular weight is 169 g/mol. The van der Waals surface area contributed by atoms with Crippen LogP contribution in [0.3, 0.4) is 0 Å². The van der Waals surface area contributed by atoms with Crippen LogP contribution in [0.15, 0.2) is 9.59 Å². The van der Waals surface area contributed by atoms with Crippen LogP contribution in [-0.4, -0.2) is 14.5 Å². The molecule has 0 fully saturated rings. The molecule has 0 aliphatic rings. The van der Waals surface area contributed by atoms with Crippen LogP contribution < -0.4 is 11.4 Å². The lowest BCUT2D eigenvalue weighted by Gasteiger charge is -2.06. The number of hydrogen-bond acceptors (Lipinski definition) is 3. The van der Waals surface area contributed by atoms with E-state index in [9.17, 15) is 9.59 Å². The Morgan fingerprint density at radius 1 is 1.42 bits per heavy atom. The first kappa shape index (κ1) is 8.70. The predicted molar refractivity (Wildman–Crippen MR) is 44.2 cm³/mol. The molecule has 1 aromatic rings. The number of nitrogens with one attached hydrogen (secondary N) is 1. The summed E-state index contributed by atoms with van der Waals surface area (Å²) < 4.78 is 1.08. The number of nitrogens with zero attached hydrogens (tertiary/aromatic N) is 2. The molecule has 0 radical (unpaired) electrons. The van der Waals surface area contributed by atoms with Crippen molar-refractivity contribution in [2.45, 2.75) is 26.8 Å². The van der Waals surface area contributed by atoms with Crippen molar-refractivity contribution in [1.82, 2.24) is 14.5 Å². The van der Waals surface area contributed by atoms with E-state index >= 15 is 0 Å². The molecule has 5 heteroatoms. The predicted octanol–water partition coefficient (Wildman–Crippen LogP) is -0.179. The SMILES string of the molecule is Cc1nc(=O)n(C(C)C)c(=O)[nH]1. The first-order chi connectivity index (χ1) is 5.52. The Labute approximate surface area is 69.1 Å². The van der Waals surface area contributed by atoms with Crippen LogP contribution in [-0.2, 0) is 0 Å². The zero-order valence-corrected chi connectivity index (χ0v) is 7.29. The molecule has 66 valence electrons. The van der Waals surface area contributed by atoms with Crippen LogP contribution in [0.4, 0.5) is 0 Å². The minimum Gasteiger partial charge on any atom is -0.295 e. The second-order valence-corrected chi connectivity index (χ2v) is 2.87. The average Bonchev–Trinajstić information content (AvgIpc) is 1.82. The molecule has 0 bridgehead atoms. The van der Waals surface area contributed by atoms with Gasteiger partial charge in [0.15, 0.2) is 0 Å². The summed E-state index contributed by atoms with van der Waals surface area (Å²) in [5, 5.41) is 0. The molecule has 0 aliphatic heterocycles. The van der Waals surface area contributed by atoms with Gasteiger partial charge in [-0.3, -0.25) is 4.98 Å². The Morgan fingerprint density at radius 2 is 2.00 bits per heavy atom. The van der Waals surface area contributed by atoms with Gasteiger partial charge in [0.1, 0.15) is 5.82 Å². The minimum atomic E-state index is -0.494. The summed E-state index contributed by atoms with van der Waals surface area (Å²) in [5.41, 5.74) is -0.895. The molecule has 0 aromatic carbocycles. The summed E-state index contributed by atoms with van der Waals surface area (Å²) in [7, 11) is 0. The number of aryl methyl sites for hydroxylation is 1. The van der Waals surface area contributed by atoms with E-state index in [1.54, 1.807) is 20.8 Å². The Hall–Kier alpha value is -1.39. The molecule has 1 heterocycles. The van der Waals surface area contributed by atoms with E-state index in [4.69, 9.17) is 0 Å². The van der Waals surface area contributed by atoms with E-state index < -0.39 is 11.4 Å². The molecular weight excluding hydrogens is 158 g/mol. The fourth-order valence-electron chi connectivity index (χ4n) is 0.983. The standard InChI is InChI=1S/C7H11N3O2/c1-4(2)10-6(11)8-5(3)9-7(10)12/h4H,1-3H3,(H,8,9,11,12). The van der Waals surface area contributed by atoms with Crippen molar-refractivity contribution in [2.75, 3.05) is 0 Å². The van der Waals surface area contributed by atoms with Gasteiger partial charge in [-0.05, 0) is 20.8 Å². The first-order valence-corrected chi connectivity index (χ1v) is 3.72. The zero-order chi connectivity index (χ0) is 9.30. The summed E-state index contributed by atoms with van der Waals surface area (Å²) in [5.74, 6) is 0.349. The number of aromatic amines is 1. The molecule has 0 aliphatic carbocycles. The van der Waals surface area contributed by atoms with Crippen molar-refractivity contribution in [1.29, 1.82) is 0 Å². The van der Waals surface area contributed by atoms with E-state index in [1.165, 1.54) is 0 Å². The number of aromatic nitrogens is 3. The summed E-state index contributed by atoms with van der Waals surface area (Å²) in [6.07, 6.45) is 0. The third kappa shape index (κ3) is 1.44. The van der Waals surface area contributed by atoms with Gasteiger partial charge >= 0.3 is 11.4 Å². The van der Waals surface area contributed by atoms with Crippen LogP contribution in [0.25, 0.3) is 0 Å². The van der Waals surface area contributed by atoms with Crippen molar-refractivity contribution in [3.63, 3.8) is 0 Å². The highest BCUT2D eigenvalue weighted by molar-refractivity contribution is 4.80. The Kier molecular flexibility index (Phi) is 2.12. The first-order valence-electron chi connectivity index (χ1n) is 3.72. The molecule has 0 unspecified atom stereocenters. The lowest BCUT2D eigenvalue weighted by Crippen LogP contribution is -2.38. The highest BCUT2D eigenvalue weighted by Gasteiger charge is 2.05. The maximum Gasteiger partial charge on any atom is 0.353 e. The summed E-state index contributed by atoms with van der Waals surface area (Å²) >= 11 is 0. The second kappa shape index (κ2) is 2.92. The van der Waals surface area contributed by atoms with Crippen molar-refractivity contribution < 1.29 is 0 Å². The topological polar surface area (TPSA) is 67.8 Å². The van der Waals surface area contributed by atoms with Gasteiger partial charge in [-0.15, -0.1) is 0 Å². The van der Waals surface area contributed by atoms with Gasteiger partial charge in [0, 0.05) is 6.04 Å². The van der Waals surface area contributed by atoms with E-state index in [2.05, 4.69) is 9.97 Å². The number of rotatable bonds is 1. The molecule has 0 spiro atoms. The molecule has 12 heavy (non-hydrogen) atoms. The van der Waals surface area contributed by atoms with Gasteiger partial charge in [0.05, 0.1) is 0 Å². The van der Waals surface area contributed by atoms with E-state index in [0.717, 1.165) is 4.57 Å². The van der Waals surface area contributed by atoms with E-state index in [0.29, 0.717) is 5.82 Å². The van der Waals surface area contributed by atoms with E-state index in [-0.39, 0.29) is 6.04 Å². The van der Waals surface area contributed by atoms with E-state index in [1.807, 2.05) is 0 Å². The normalized spacial score (nSPS) is 10.7. The Bertz CT molecular complexity index is 357. The summed E-state index contributed by atoms with van der Waals surface area (Å²) in [6, 6.07) is -0.158. The van der Waals surface area contributed by atoms with Gasteiger partial charge < -0.3 is 0 Å². The van der Waals surface area contributed by atoms with Crippen molar-refractivity contribution in [3.05, 3.63) is 26.8 Å². The number of hydrogen-bond donors (Lipinski definition) is 1. The third-order valence-corrected chi connectivity index (χ3v) is 1.49. The van der Waals surface area contributed by atoms with Gasteiger partial charge in [0.25, 0.3) is 0 Å². The lowest BCUT2D eigenvalue weighted by atomic mass is 10.4. The lowest BCUT2D eigenvalue weighted by molar-refractivity contribution is 0.524. The monoisotopic (exact) mass is 169 g/mol. The molecule has 0 saturated carbocycles. The Morgan fingerprint density at radius 3 is 2.42 bits per heavy atom. The van der Waals surface area contributed by atoms with Gasteiger partial charge in [0.2, 0.25) is 0 Å². The summed E-state index contributed by atoms with van der Waals surface area (Å²) in [6.45, 7) is 5.09. The molecule has 0 saturated heterocycles. The van der Waals surface area contributed by atoms with Crippen molar-refractivity contribution >= 4 is 0 Å². The van der Waals surface area contributed by atoms with Crippen molar-refractivity contribution in [2.24, 2.45) is 0 Å². The quantitative estimate of drug-likeness (QED) is 0.634. The fourth-order valence-corrected chi connectivity index (χ4v) is 0.983. The van der Waals surface area contributed by atoms with Crippen LogP contribution in [0.5, 0.6) is 0 Å². The van der Waals surface area contributed by atoms with Crippen molar-refractivity contribution in [3.8, 4) is 0 Å². The minimum absolute atomic E-state index is 0.158. The number of H-pyrrole nitrogens is 1. The van der Waals surface area contributed by atoms with Gasteiger partial charge in [-0.2, -0.15) is 4.98 Å². The third-order valence-electron chi connectivity index (χ3n) is 1.49. The highest BCUT2D eigenvalue weighted by atomic mass is 16.2. The zero-order valence-electron chi connectivity index (χ0n) is 7.29. The highest BCUT2D eigenvalue weighted by Crippen LogP contribution is 1.92. The van der Waals surface area contributed by atoms with Gasteiger partial charge in [-0.1, -0.05) is 0 Å². The van der Waals surface area contributed by atoms with Gasteiger partial charge in [-0.25, -0.2) is 14.2 Å². The Balaban J connectivity index is 3.50. The maximum atomic E-state index is 11.2. The molecule has 0 atom stereocenters. The molecule has 0 amide bonds. The summed E-state index contributed by atoms with van der Waals surface area (Å²) in [4.78, 5) is 28.4. The molecule has 1 N–H and O–H groups in total. The second-order valence-electron chi connectivity index (χ2n) is 2.87. The maximum absolute atomic E-state index is 11.2. The molecule has 1 aromatic heterocycles. The molecule has 5 nitrogen and oxygen atoms in total. The molecule has 1 rings (SSSR count). The van der Waals surface area contributed by atoms with Crippen LogP contribution in [0.2, 0.25) is 0 Å². The smallest absolute Gasteiger partial charge is 0.295 e.